The molecule has 10 heteroatoms. The average Bonchev–Trinajstić information content (AvgIpc) is 2.85. The predicted octanol–water partition coefficient (Wildman–Crippen LogP) is 1.97. The molecule has 1 aliphatic heterocycles. The number of nitrogens with zero attached hydrogens (tertiary/aromatic N) is 4. The van der Waals surface area contributed by atoms with Crippen LogP contribution >= 0.6 is 0 Å². The lowest BCUT2D eigenvalue weighted by Gasteiger charge is -2.43. The van der Waals surface area contributed by atoms with Crippen molar-refractivity contribution in [2.75, 3.05) is 74.2 Å². The molecule has 1 saturated carbocycles. The van der Waals surface area contributed by atoms with Crippen LogP contribution in [0.25, 0.3) is 0 Å². The molecular formula is C26H44N4O5S. The van der Waals surface area contributed by atoms with E-state index in [1.165, 1.54) is 17.8 Å². The summed E-state index contributed by atoms with van der Waals surface area (Å²) in [6, 6.07) is 4.21. The number of carbonyl (C=O) groups is 1. The van der Waals surface area contributed by atoms with Gasteiger partial charge in [-0.2, -0.15) is 4.31 Å². The fourth-order valence-corrected chi connectivity index (χ4v) is 6.94. The first-order valence-corrected chi connectivity index (χ1v) is 14.4. The Morgan fingerprint density at radius 1 is 1.08 bits per heavy atom. The largest absolute Gasteiger partial charge is 0.497 e. The van der Waals surface area contributed by atoms with Gasteiger partial charge in [-0.05, 0) is 69.8 Å². The van der Waals surface area contributed by atoms with Gasteiger partial charge < -0.3 is 19.3 Å². The van der Waals surface area contributed by atoms with Gasteiger partial charge in [-0.25, -0.2) is 8.42 Å². The van der Waals surface area contributed by atoms with E-state index in [1.54, 1.807) is 33.1 Å². The van der Waals surface area contributed by atoms with Gasteiger partial charge in [-0.3, -0.25) is 9.69 Å². The maximum Gasteiger partial charge on any atom is 0.248 e. The number of amides is 1. The van der Waals surface area contributed by atoms with E-state index in [0.717, 1.165) is 45.4 Å². The second kappa shape index (κ2) is 12.7. The fourth-order valence-electron chi connectivity index (χ4n) is 5.38. The molecule has 1 aromatic rings. The SMILES string of the molecule is COc1cc(C)c(S(=O)(=O)N(C)CCOCC(=O)N(C)C2CCC[C@@H](N3CCN(C)CC3)C2)c(C)c1. The molecule has 0 spiro atoms. The van der Waals surface area contributed by atoms with E-state index in [2.05, 4.69) is 16.8 Å². The molecule has 1 saturated heterocycles. The highest BCUT2D eigenvalue weighted by Crippen LogP contribution is 2.28. The molecule has 0 N–H and O–H groups in total. The number of rotatable bonds is 10. The number of methoxy groups -OCH3 is 1. The monoisotopic (exact) mass is 524 g/mol. The minimum Gasteiger partial charge on any atom is -0.497 e. The van der Waals surface area contributed by atoms with Crippen molar-refractivity contribution in [3.63, 3.8) is 0 Å². The summed E-state index contributed by atoms with van der Waals surface area (Å²) >= 11 is 0. The fraction of sp³-hybridized carbons (Fsp3) is 0.731. The highest BCUT2D eigenvalue weighted by molar-refractivity contribution is 7.89. The molecule has 0 aromatic heterocycles. The maximum atomic E-state index is 13.1. The molecule has 1 unspecified atom stereocenters. The van der Waals surface area contributed by atoms with E-state index >= 15 is 0 Å². The van der Waals surface area contributed by atoms with Gasteiger partial charge in [0.15, 0.2) is 0 Å². The van der Waals surface area contributed by atoms with Crippen LogP contribution in [0.4, 0.5) is 0 Å². The molecule has 1 amide bonds. The van der Waals surface area contributed by atoms with E-state index in [1.807, 2.05) is 11.9 Å². The minimum absolute atomic E-state index is 0.0410. The average molecular weight is 525 g/mol. The number of ether oxygens (including phenoxy) is 2. The summed E-state index contributed by atoms with van der Waals surface area (Å²) < 4.78 is 38.4. The van der Waals surface area contributed by atoms with Crippen LogP contribution in [0.2, 0.25) is 0 Å². The quantitative estimate of drug-likeness (QED) is 0.433. The van der Waals surface area contributed by atoms with E-state index in [9.17, 15) is 13.2 Å². The third kappa shape index (κ3) is 6.98. The predicted molar refractivity (Wildman–Crippen MR) is 141 cm³/mol. The van der Waals surface area contributed by atoms with Crippen LogP contribution in [0.3, 0.4) is 0 Å². The van der Waals surface area contributed by atoms with Crippen LogP contribution in [0.1, 0.15) is 36.8 Å². The Balaban J connectivity index is 1.46. The van der Waals surface area contributed by atoms with Crippen LogP contribution in [0, 0.1) is 13.8 Å². The highest BCUT2D eigenvalue weighted by atomic mass is 32.2. The number of likely N-dealkylation sites (N-methyl/N-ethyl adjacent to an activating group) is 3. The zero-order valence-corrected chi connectivity index (χ0v) is 23.6. The van der Waals surface area contributed by atoms with Crippen molar-refractivity contribution < 1.29 is 22.7 Å². The van der Waals surface area contributed by atoms with Crippen LogP contribution < -0.4 is 4.74 Å². The van der Waals surface area contributed by atoms with Gasteiger partial charge in [-0.15, -0.1) is 0 Å². The van der Waals surface area contributed by atoms with Gasteiger partial charge in [0.25, 0.3) is 0 Å². The number of hydrogen-bond donors (Lipinski definition) is 0. The third-order valence-electron chi connectivity index (χ3n) is 7.73. The Morgan fingerprint density at radius 2 is 1.72 bits per heavy atom. The van der Waals surface area contributed by atoms with Gasteiger partial charge in [0.1, 0.15) is 12.4 Å². The number of piperazine rings is 1. The summed E-state index contributed by atoms with van der Waals surface area (Å²) in [5, 5.41) is 0. The second-order valence-corrected chi connectivity index (χ2v) is 12.3. The molecule has 0 bridgehead atoms. The van der Waals surface area contributed by atoms with Crippen molar-refractivity contribution in [3.8, 4) is 5.75 Å². The molecule has 2 fully saturated rings. The maximum absolute atomic E-state index is 13.1. The van der Waals surface area contributed by atoms with Crippen molar-refractivity contribution in [1.82, 2.24) is 19.0 Å². The Hall–Kier alpha value is -1.72. The van der Waals surface area contributed by atoms with Crippen molar-refractivity contribution in [3.05, 3.63) is 23.3 Å². The van der Waals surface area contributed by atoms with E-state index in [4.69, 9.17) is 9.47 Å². The number of sulfonamides is 1. The van der Waals surface area contributed by atoms with Crippen LogP contribution in [-0.2, 0) is 19.6 Å². The van der Waals surface area contributed by atoms with E-state index < -0.39 is 10.0 Å². The first-order valence-electron chi connectivity index (χ1n) is 12.9. The molecule has 2 aliphatic rings. The summed E-state index contributed by atoms with van der Waals surface area (Å²) in [7, 11) is 3.45. The van der Waals surface area contributed by atoms with Gasteiger partial charge in [0.05, 0.1) is 18.6 Å². The second-order valence-electron chi connectivity index (χ2n) is 10.3. The van der Waals surface area contributed by atoms with Gasteiger partial charge in [0.2, 0.25) is 15.9 Å². The lowest BCUT2D eigenvalue weighted by atomic mass is 9.88. The third-order valence-corrected chi connectivity index (χ3v) is 9.89. The van der Waals surface area contributed by atoms with Gasteiger partial charge in [0, 0.05) is 58.9 Å². The van der Waals surface area contributed by atoms with Crippen LogP contribution in [0.15, 0.2) is 17.0 Å². The van der Waals surface area contributed by atoms with Gasteiger partial charge >= 0.3 is 0 Å². The lowest BCUT2D eigenvalue weighted by molar-refractivity contribution is -0.138. The Bertz CT molecular complexity index is 971. The number of benzene rings is 1. The molecule has 3 rings (SSSR count). The summed E-state index contributed by atoms with van der Waals surface area (Å²) in [5.74, 6) is 0.580. The summed E-state index contributed by atoms with van der Waals surface area (Å²) in [4.78, 5) is 19.9. The molecular weight excluding hydrogens is 480 g/mol. The standard InChI is InChI=1S/C26H44N4O5S/c1-20-16-24(34-6)17-21(2)26(20)36(32,33)28(4)14-15-35-19-25(31)29(5)22-8-7-9-23(18-22)30-12-10-27(3)11-13-30/h16-17,22-23H,7-15,18-19H2,1-6H3/t22?,23-/m1/s1. The molecule has 1 heterocycles. The molecule has 1 aromatic carbocycles. The van der Waals surface area contributed by atoms with E-state index in [0.29, 0.717) is 22.9 Å². The smallest absolute Gasteiger partial charge is 0.248 e. The van der Waals surface area contributed by atoms with Crippen LogP contribution in [0.5, 0.6) is 5.75 Å². The zero-order valence-electron chi connectivity index (χ0n) is 22.8. The molecule has 204 valence electrons. The Morgan fingerprint density at radius 3 is 2.33 bits per heavy atom. The van der Waals surface area contributed by atoms with E-state index in [-0.39, 0.29) is 36.6 Å². The molecule has 36 heavy (non-hydrogen) atoms. The summed E-state index contributed by atoms with van der Waals surface area (Å²) in [6.45, 7) is 8.21. The topological polar surface area (TPSA) is 82.6 Å². The minimum atomic E-state index is -3.69. The summed E-state index contributed by atoms with van der Waals surface area (Å²) in [6.07, 6.45) is 4.36. The Labute approximate surface area is 217 Å². The highest BCUT2D eigenvalue weighted by Gasteiger charge is 2.32. The molecule has 2 atom stereocenters. The lowest BCUT2D eigenvalue weighted by Crippen LogP contribution is -2.52. The van der Waals surface area contributed by atoms with Crippen LogP contribution in [-0.4, -0.2) is 120 Å². The summed E-state index contributed by atoms with van der Waals surface area (Å²) in [5.41, 5.74) is 1.28. The first-order chi connectivity index (χ1) is 17.0. The number of aryl methyl sites for hydroxylation is 2. The van der Waals surface area contributed by atoms with Crippen molar-refractivity contribution >= 4 is 15.9 Å². The van der Waals surface area contributed by atoms with Gasteiger partial charge in [-0.1, -0.05) is 0 Å². The number of carbonyl (C=O) groups excluding carboxylic acids is 1. The first kappa shape index (κ1) is 28.8. The Kier molecular flexibility index (Phi) is 10.2. The van der Waals surface area contributed by atoms with Crippen molar-refractivity contribution in [1.29, 1.82) is 0 Å². The normalized spacial score (nSPS) is 22.1. The number of hydrogen-bond acceptors (Lipinski definition) is 7. The molecule has 0 radical (unpaired) electrons. The molecule has 1 aliphatic carbocycles. The molecule has 9 nitrogen and oxygen atoms in total. The zero-order chi connectivity index (χ0) is 26.5. The van der Waals surface area contributed by atoms with Crippen molar-refractivity contribution in [2.45, 2.75) is 56.5 Å². The van der Waals surface area contributed by atoms with Crippen molar-refractivity contribution in [2.24, 2.45) is 0 Å².